The molecule has 0 radical (unpaired) electrons. The van der Waals surface area contributed by atoms with Gasteiger partial charge < -0.3 is 5.32 Å². The van der Waals surface area contributed by atoms with Crippen molar-refractivity contribution < 1.29 is 0 Å². The van der Waals surface area contributed by atoms with Gasteiger partial charge in [0.05, 0.1) is 0 Å². The van der Waals surface area contributed by atoms with Crippen LogP contribution in [0.15, 0.2) is 24.3 Å². The molecule has 112 valence electrons. The van der Waals surface area contributed by atoms with E-state index in [1.54, 1.807) is 0 Å². The molecule has 1 aliphatic heterocycles. The lowest BCUT2D eigenvalue weighted by atomic mass is 9.97. The molecule has 1 aliphatic rings. The van der Waals surface area contributed by atoms with Crippen LogP contribution in [0.1, 0.15) is 56.2 Å². The van der Waals surface area contributed by atoms with Crippen molar-refractivity contribution >= 4 is 0 Å². The lowest BCUT2D eigenvalue weighted by molar-refractivity contribution is 0.158. The van der Waals surface area contributed by atoms with Crippen LogP contribution in [0.25, 0.3) is 0 Å². The molecule has 2 atom stereocenters. The van der Waals surface area contributed by atoms with E-state index in [1.165, 1.54) is 56.3 Å². The zero-order valence-corrected chi connectivity index (χ0v) is 13.4. The Kier molecular flexibility index (Phi) is 6.06. The minimum atomic E-state index is 0.426. The summed E-state index contributed by atoms with van der Waals surface area (Å²) < 4.78 is 0. The first-order chi connectivity index (χ1) is 9.72. The first kappa shape index (κ1) is 15.5. The molecule has 1 saturated heterocycles. The molecule has 0 aromatic heterocycles. The maximum Gasteiger partial charge on any atom is 0.0473 e. The number of rotatable bonds is 4. The summed E-state index contributed by atoms with van der Waals surface area (Å²) >= 11 is 0. The number of nitrogens with zero attached hydrogens (tertiary/aromatic N) is 1. The lowest BCUT2D eigenvalue weighted by Gasteiger charge is -2.36. The summed E-state index contributed by atoms with van der Waals surface area (Å²) in [5.41, 5.74) is 2.75. The highest BCUT2D eigenvalue weighted by Gasteiger charge is 2.23. The van der Waals surface area contributed by atoms with Crippen LogP contribution >= 0.6 is 0 Å². The molecule has 0 spiro atoms. The van der Waals surface area contributed by atoms with Crippen LogP contribution in [0, 0.1) is 6.92 Å². The standard InChI is InChI=1S/C18H30N2/c1-15-9-11-17(12-10-15)18(19-3)16(2)20-13-7-5-4-6-8-14-20/h9-12,16,18-19H,4-8,13-14H2,1-3H3. The van der Waals surface area contributed by atoms with Crippen LogP contribution in [0.2, 0.25) is 0 Å². The van der Waals surface area contributed by atoms with Gasteiger partial charge in [0.25, 0.3) is 0 Å². The minimum absolute atomic E-state index is 0.426. The second-order valence-electron chi connectivity index (χ2n) is 6.22. The fourth-order valence-electron chi connectivity index (χ4n) is 3.35. The van der Waals surface area contributed by atoms with Crippen molar-refractivity contribution in [2.45, 2.75) is 58.0 Å². The second kappa shape index (κ2) is 7.80. The molecule has 1 aromatic carbocycles. The Labute approximate surface area is 124 Å². The van der Waals surface area contributed by atoms with Gasteiger partial charge >= 0.3 is 0 Å². The number of likely N-dealkylation sites (tertiary alicyclic amines) is 1. The average molecular weight is 274 g/mol. The summed E-state index contributed by atoms with van der Waals surface area (Å²) in [7, 11) is 2.09. The van der Waals surface area contributed by atoms with Gasteiger partial charge in [-0.15, -0.1) is 0 Å². The maximum atomic E-state index is 3.53. The summed E-state index contributed by atoms with van der Waals surface area (Å²) in [6.07, 6.45) is 6.94. The van der Waals surface area contributed by atoms with Gasteiger partial charge in [0.15, 0.2) is 0 Å². The van der Waals surface area contributed by atoms with Crippen molar-refractivity contribution in [1.82, 2.24) is 10.2 Å². The van der Waals surface area contributed by atoms with Crippen molar-refractivity contribution in [2.75, 3.05) is 20.1 Å². The Bertz CT molecular complexity index is 377. The van der Waals surface area contributed by atoms with Crippen molar-refractivity contribution in [1.29, 1.82) is 0 Å². The van der Waals surface area contributed by atoms with E-state index in [-0.39, 0.29) is 0 Å². The molecule has 1 N–H and O–H groups in total. The van der Waals surface area contributed by atoms with Crippen LogP contribution in [0.3, 0.4) is 0 Å². The fourth-order valence-corrected chi connectivity index (χ4v) is 3.35. The van der Waals surface area contributed by atoms with E-state index in [4.69, 9.17) is 0 Å². The van der Waals surface area contributed by atoms with Gasteiger partial charge in [0, 0.05) is 12.1 Å². The molecule has 2 unspecified atom stereocenters. The summed E-state index contributed by atoms with van der Waals surface area (Å²) in [4.78, 5) is 2.68. The number of hydrogen-bond acceptors (Lipinski definition) is 2. The third-order valence-electron chi connectivity index (χ3n) is 4.70. The molecular weight excluding hydrogens is 244 g/mol. The molecule has 1 fully saturated rings. The van der Waals surface area contributed by atoms with Crippen molar-refractivity contribution in [3.05, 3.63) is 35.4 Å². The molecule has 0 saturated carbocycles. The van der Waals surface area contributed by atoms with Gasteiger partial charge in [0.1, 0.15) is 0 Å². The van der Waals surface area contributed by atoms with E-state index in [0.29, 0.717) is 12.1 Å². The Balaban J connectivity index is 2.06. The second-order valence-corrected chi connectivity index (χ2v) is 6.22. The Morgan fingerprint density at radius 2 is 1.50 bits per heavy atom. The van der Waals surface area contributed by atoms with E-state index < -0.39 is 0 Å². The summed E-state index contributed by atoms with van der Waals surface area (Å²) in [5, 5.41) is 3.53. The van der Waals surface area contributed by atoms with Gasteiger partial charge in [-0.2, -0.15) is 0 Å². The number of hydrogen-bond donors (Lipinski definition) is 1. The van der Waals surface area contributed by atoms with Crippen LogP contribution in [0.4, 0.5) is 0 Å². The van der Waals surface area contributed by atoms with Crippen LogP contribution in [0.5, 0.6) is 0 Å². The highest BCUT2D eigenvalue weighted by molar-refractivity contribution is 5.25. The van der Waals surface area contributed by atoms with Crippen molar-refractivity contribution in [2.24, 2.45) is 0 Å². The van der Waals surface area contributed by atoms with Crippen molar-refractivity contribution in [3.8, 4) is 0 Å². The molecule has 2 heteroatoms. The quantitative estimate of drug-likeness (QED) is 0.895. The average Bonchev–Trinajstić information content (AvgIpc) is 2.41. The zero-order valence-electron chi connectivity index (χ0n) is 13.4. The highest BCUT2D eigenvalue weighted by Crippen LogP contribution is 2.23. The summed E-state index contributed by atoms with van der Waals surface area (Å²) in [6.45, 7) is 7.04. The Morgan fingerprint density at radius 3 is 2.05 bits per heavy atom. The number of aryl methyl sites for hydroxylation is 1. The number of benzene rings is 1. The van der Waals surface area contributed by atoms with Crippen molar-refractivity contribution in [3.63, 3.8) is 0 Å². The van der Waals surface area contributed by atoms with Crippen LogP contribution < -0.4 is 5.32 Å². The largest absolute Gasteiger partial charge is 0.312 e. The van der Waals surface area contributed by atoms with Gasteiger partial charge in [-0.25, -0.2) is 0 Å². The van der Waals surface area contributed by atoms with Gasteiger partial charge in [-0.05, 0) is 52.4 Å². The zero-order chi connectivity index (χ0) is 14.4. The Morgan fingerprint density at radius 1 is 0.950 bits per heavy atom. The molecule has 0 bridgehead atoms. The van der Waals surface area contributed by atoms with E-state index in [0.717, 1.165) is 0 Å². The fraction of sp³-hybridized carbons (Fsp3) is 0.667. The van der Waals surface area contributed by atoms with Crippen LogP contribution in [-0.2, 0) is 0 Å². The van der Waals surface area contributed by atoms with E-state index in [1.807, 2.05) is 0 Å². The smallest absolute Gasteiger partial charge is 0.0473 e. The van der Waals surface area contributed by atoms with E-state index in [2.05, 4.69) is 55.4 Å². The normalized spacial score (nSPS) is 20.9. The predicted octanol–water partition coefficient (Wildman–Crippen LogP) is 3.91. The summed E-state index contributed by atoms with van der Waals surface area (Å²) in [5.74, 6) is 0. The Hall–Kier alpha value is -0.860. The molecule has 2 nitrogen and oxygen atoms in total. The third kappa shape index (κ3) is 4.07. The third-order valence-corrected chi connectivity index (χ3v) is 4.70. The lowest BCUT2D eigenvalue weighted by Crippen LogP contribution is -2.43. The molecule has 20 heavy (non-hydrogen) atoms. The van der Waals surface area contributed by atoms with Gasteiger partial charge in [0.2, 0.25) is 0 Å². The first-order valence-electron chi connectivity index (χ1n) is 8.20. The predicted molar refractivity (Wildman–Crippen MR) is 87.1 cm³/mol. The minimum Gasteiger partial charge on any atom is -0.312 e. The molecule has 1 aromatic rings. The van der Waals surface area contributed by atoms with E-state index in [9.17, 15) is 0 Å². The molecule has 0 amide bonds. The monoisotopic (exact) mass is 274 g/mol. The topological polar surface area (TPSA) is 15.3 Å². The highest BCUT2D eigenvalue weighted by atomic mass is 15.2. The molecule has 2 rings (SSSR count). The first-order valence-corrected chi connectivity index (χ1v) is 8.20. The molecular formula is C18H30N2. The van der Waals surface area contributed by atoms with Crippen LogP contribution in [-0.4, -0.2) is 31.1 Å². The molecule has 1 heterocycles. The van der Waals surface area contributed by atoms with Gasteiger partial charge in [-0.3, -0.25) is 4.90 Å². The summed E-state index contributed by atoms with van der Waals surface area (Å²) in [6, 6.07) is 9.98. The van der Waals surface area contributed by atoms with Gasteiger partial charge in [-0.1, -0.05) is 49.1 Å². The SMILES string of the molecule is CNC(c1ccc(C)cc1)C(C)N1CCCCCCC1. The number of likely N-dealkylation sites (N-methyl/N-ethyl adjacent to an activating group) is 1. The molecule has 0 aliphatic carbocycles. The number of nitrogens with one attached hydrogen (secondary N) is 1. The maximum absolute atomic E-state index is 3.53. The van der Waals surface area contributed by atoms with E-state index >= 15 is 0 Å².